The zero-order valence-corrected chi connectivity index (χ0v) is 13.4. The number of hydrogen-bond donors (Lipinski definition) is 1. The summed E-state index contributed by atoms with van der Waals surface area (Å²) in [7, 11) is 0. The Morgan fingerprint density at radius 1 is 1.19 bits per heavy atom. The van der Waals surface area contributed by atoms with E-state index in [0.29, 0.717) is 16.7 Å². The molecular weight excluding hydrogens is 286 g/mol. The summed E-state index contributed by atoms with van der Waals surface area (Å²) in [5, 5.41) is 3.85. The van der Waals surface area contributed by atoms with Crippen molar-refractivity contribution in [1.82, 2.24) is 9.97 Å². The van der Waals surface area contributed by atoms with Gasteiger partial charge in [-0.25, -0.2) is 4.98 Å². The van der Waals surface area contributed by atoms with Crippen molar-refractivity contribution in [3.05, 3.63) is 40.7 Å². The topological polar surface area (TPSA) is 47.0 Å². The van der Waals surface area contributed by atoms with Gasteiger partial charge in [-0.05, 0) is 38.0 Å². The minimum atomic E-state index is 0.537. The second-order valence-corrected chi connectivity index (χ2v) is 5.24. The molecule has 0 unspecified atom stereocenters. The smallest absolute Gasteiger partial charge is 0.224 e. The van der Waals surface area contributed by atoms with Crippen molar-refractivity contribution in [3.63, 3.8) is 0 Å². The maximum absolute atomic E-state index is 6.02. The first-order chi connectivity index (χ1) is 10.1. The highest BCUT2D eigenvalue weighted by Crippen LogP contribution is 2.28. The molecule has 0 radical (unpaired) electrons. The van der Waals surface area contributed by atoms with E-state index in [1.54, 1.807) is 6.07 Å². The molecule has 0 spiro atoms. The molecule has 0 aliphatic rings. The quantitative estimate of drug-likeness (QED) is 0.846. The predicted molar refractivity (Wildman–Crippen MR) is 86.5 cm³/mol. The molecule has 4 nitrogen and oxygen atoms in total. The van der Waals surface area contributed by atoms with Crippen LogP contribution < -0.4 is 10.1 Å². The first kappa shape index (κ1) is 15.6. The minimum absolute atomic E-state index is 0.537. The highest BCUT2D eigenvalue weighted by molar-refractivity contribution is 6.30. The molecule has 112 valence electrons. The Labute approximate surface area is 130 Å². The zero-order valence-electron chi connectivity index (χ0n) is 12.6. The van der Waals surface area contributed by atoms with Crippen LogP contribution in [0.5, 0.6) is 11.6 Å². The Kier molecular flexibility index (Phi) is 5.39. The molecule has 1 aromatic carbocycles. The number of aromatic nitrogens is 2. The van der Waals surface area contributed by atoms with E-state index in [9.17, 15) is 0 Å². The number of halogens is 1. The summed E-state index contributed by atoms with van der Waals surface area (Å²) in [4.78, 5) is 8.92. The van der Waals surface area contributed by atoms with Gasteiger partial charge < -0.3 is 10.1 Å². The second kappa shape index (κ2) is 7.27. The van der Waals surface area contributed by atoms with Crippen molar-refractivity contribution in [2.24, 2.45) is 0 Å². The van der Waals surface area contributed by atoms with E-state index in [1.807, 2.05) is 32.0 Å². The summed E-state index contributed by atoms with van der Waals surface area (Å²) in [6, 6.07) is 7.38. The molecule has 0 atom stereocenters. The van der Waals surface area contributed by atoms with Crippen LogP contribution in [-0.4, -0.2) is 16.5 Å². The summed E-state index contributed by atoms with van der Waals surface area (Å²) in [5.41, 5.74) is 1.01. The van der Waals surface area contributed by atoms with E-state index in [2.05, 4.69) is 22.2 Å². The first-order valence-electron chi connectivity index (χ1n) is 7.18. The third-order valence-electron chi connectivity index (χ3n) is 2.95. The Bertz CT molecular complexity index is 592. The van der Waals surface area contributed by atoms with E-state index < -0.39 is 0 Å². The fraction of sp³-hybridized carbons (Fsp3) is 0.375. The molecule has 0 saturated carbocycles. The summed E-state index contributed by atoms with van der Waals surface area (Å²) in [6.45, 7) is 6.91. The average Bonchev–Trinajstić information content (AvgIpc) is 2.43. The van der Waals surface area contributed by atoms with Crippen LogP contribution in [0.15, 0.2) is 24.3 Å². The number of benzene rings is 1. The molecule has 0 aliphatic heterocycles. The molecule has 0 bridgehead atoms. The number of hydrogen-bond acceptors (Lipinski definition) is 4. The molecule has 2 rings (SSSR count). The average molecular weight is 306 g/mol. The van der Waals surface area contributed by atoms with Crippen molar-refractivity contribution in [3.8, 4) is 11.6 Å². The van der Waals surface area contributed by atoms with Gasteiger partial charge in [0.1, 0.15) is 17.4 Å². The zero-order chi connectivity index (χ0) is 15.2. The summed E-state index contributed by atoms with van der Waals surface area (Å²) >= 11 is 6.02. The van der Waals surface area contributed by atoms with Gasteiger partial charge in [-0.2, -0.15) is 4.98 Å². The highest BCUT2D eigenvalue weighted by atomic mass is 35.5. The van der Waals surface area contributed by atoms with Crippen molar-refractivity contribution >= 4 is 17.4 Å². The van der Waals surface area contributed by atoms with E-state index in [-0.39, 0.29) is 0 Å². The summed E-state index contributed by atoms with van der Waals surface area (Å²) in [5.74, 6) is 2.82. The van der Waals surface area contributed by atoms with Crippen LogP contribution in [0.4, 0.5) is 5.82 Å². The van der Waals surface area contributed by atoms with Gasteiger partial charge in [0.15, 0.2) is 0 Å². The summed E-state index contributed by atoms with van der Waals surface area (Å²) in [6.07, 6.45) is 1.81. The third-order valence-corrected chi connectivity index (χ3v) is 3.18. The molecule has 1 aromatic heterocycles. The highest BCUT2D eigenvalue weighted by Gasteiger charge is 2.08. The lowest BCUT2D eigenvalue weighted by Gasteiger charge is -2.11. The third kappa shape index (κ3) is 4.33. The van der Waals surface area contributed by atoms with Gasteiger partial charge in [-0.1, -0.05) is 24.6 Å². The molecule has 0 saturated heterocycles. The number of nitrogens with one attached hydrogen (secondary N) is 1. The molecule has 0 aliphatic carbocycles. The minimum Gasteiger partial charge on any atom is -0.439 e. The largest absolute Gasteiger partial charge is 0.439 e. The lowest BCUT2D eigenvalue weighted by Crippen LogP contribution is -2.05. The maximum atomic E-state index is 6.02. The van der Waals surface area contributed by atoms with Crippen LogP contribution >= 0.6 is 11.6 Å². The Morgan fingerprint density at radius 2 is 2.00 bits per heavy atom. The number of ether oxygens (including phenoxy) is 1. The van der Waals surface area contributed by atoms with Gasteiger partial charge in [0.05, 0.1) is 0 Å². The van der Waals surface area contributed by atoms with Crippen molar-refractivity contribution in [2.75, 3.05) is 11.9 Å². The van der Waals surface area contributed by atoms with Gasteiger partial charge in [0.2, 0.25) is 5.88 Å². The van der Waals surface area contributed by atoms with Crippen LogP contribution in [0.3, 0.4) is 0 Å². The van der Waals surface area contributed by atoms with Gasteiger partial charge in [0, 0.05) is 24.1 Å². The molecule has 2 aromatic rings. The molecule has 0 amide bonds. The molecular formula is C16H20ClN3O. The number of rotatable bonds is 6. The number of aryl methyl sites for hydroxylation is 2. The van der Waals surface area contributed by atoms with E-state index in [4.69, 9.17) is 16.3 Å². The van der Waals surface area contributed by atoms with Crippen LogP contribution in [0.2, 0.25) is 5.02 Å². The number of anilines is 1. The van der Waals surface area contributed by atoms with Crippen LogP contribution in [-0.2, 0) is 6.42 Å². The standard InChI is InChI=1S/C16H20ClN3O/c1-4-6-14-19-15(18-5-2)10-16(20-14)21-13-9-12(17)8-7-11(13)3/h7-10H,4-6H2,1-3H3,(H,18,19,20). The first-order valence-corrected chi connectivity index (χ1v) is 7.56. The molecule has 1 N–H and O–H groups in total. The lowest BCUT2D eigenvalue weighted by molar-refractivity contribution is 0.455. The summed E-state index contributed by atoms with van der Waals surface area (Å²) < 4.78 is 5.89. The van der Waals surface area contributed by atoms with Gasteiger partial charge >= 0.3 is 0 Å². The van der Waals surface area contributed by atoms with Crippen LogP contribution in [0.25, 0.3) is 0 Å². The molecule has 1 heterocycles. The van der Waals surface area contributed by atoms with E-state index in [1.165, 1.54) is 0 Å². The van der Waals surface area contributed by atoms with Crippen LogP contribution in [0, 0.1) is 6.92 Å². The Morgan fingerprint density at radius 3 is 2.71 bits per heavy atom. The van der Waals surface area contributed by atoms with E-state index >= 15 is 0 Å². The van der Waals surface area contributed by atoms with Crippen molar-refractivity contribution in [1.29, 1.82) is 0 Å². The Hall–Kier alpha value is -1.81. The van der Waals surface area contributed by atoms with E-state index in [0.717, 1.165) is 36.6 Å². The molecule has 21 heavy (non-hydrogen) atoms. The maximum Gasteiger partial charge on any atom is 0.224 e. The van der Waals surface area contributed by atoms with Crippen molar-refractivity contribution < 1.29 is 4.74 Å². The Balaban J connectivity index is 2.31. The SMILES string of the molecule is CCCc1nc(NCC)cc(Oc2cc(Cl)ccc2C)n1. The molecule has 0 fully saturated rings. The van der Waals surface area contributed by atoms with Crippen molar-refractivity contribution in [2.45, 2.75) is 33.6 Å². The number of nitrogens with zero attached hydrogens (tertiary/aromatic N) is 2. The monoisotopic (exact) mass is 305 g/mol. The lowest BCUT2D eigenvalue weighted by atomic mass is 10.2. The van der Waals surface area contributed by atoms with Gasteiger partial charge in [0.25, 0.3) is 0 Å². The van der Waals surface area contributed by atoms with Crippen LogP contribution in [0.1, 0.15) is 31.7 Å². The van der Waals surface area contributed by atoms with Gasteiger partial charge in [-0.3, -0.25) is 0 Å². The van der Waals surface area contributed by atoms with Gasteiger partial charge in [-0.15, -0.1) is 0 Å². The predicted octanol–water partition coefficient (Wildman–Crippen LogP) is 4.62. The molecule has 5 heteroatoms. The fourth-order valence-corrected chi connectivity index (χ4v) is 2.09. The second-order valence-electron chi connectivity index (χ2n) is 4.80. The fourth-order valence-electron chi connectivity index (χ4n) is 1.93. The normalized spacial score (nSPS) is 10.5.